The van der Waals surface area contributed by atoms with Crippen LogP contribution in [0.25, 0.3) is 0 Å². The quantitative estimate of drug-likeness (QED) is 0.468. The molecule has 9 heteroatoms. The maximum absolute atomic E-state index is 12.2. The van der Waals surface area contributed by atoms with E-state index in [0.29, 0.717) is 0 Å². The fourth-order valence-electron chi connectivity index (χ4n) is 1.32. The number of carbonyl (C=O) groups excluding carboxylic acids is 1. The molecule has 1 aromatic carbocycles. The lowest BCUT2D eigenvalue weighted by Crippen LogP contribution is -2.08. The number of alkyl halides is 2. The van der Waals surface area contributed by atoms with Crippen molar-refractivity contribution in [3.8, 4) is 5.75 Å². The van der Waals surface area contributed by atoms with Crippen molar-refractivity contribution in [2.45, 2.75) is 13.0 Å². The zero-order valence-corrected chi connectivity index (χ0v) is 11.1. The van der Waals surface area contributed by atoms with Crippen molar-refractivity contribution < 1.29 is 28.0 Å². The van der Waals surface area contributed by atoms with Crippen LogP contribution in [0.3, 0.4) is 0 Å². The second-order valence-corrected chi connectivity index (χ2v) is 4.17. The molecule has 104 valence electrons. The van der Waals surface area contributed by atoms with Crippen molar-refractivity contribution in [1.82, 2.24) is 0 Å². The number of carbonyl (C=O) groups is 1. The summed E-state index contributed by atoms with van der Waals surface area (Å²) in [6, 6.07) is 2.26. The van der Waals surface area contributed by atoms with Crippen LogP contribution in [0.5, 0.6) is 5.75 Å². The van der Waals surface area contributed by atoms with Crippen LogP contribution in [0.1, 0.15) is 5.56 Å². The molecule has 0 radical (unpaired) electrons. The summed E-state index contributed by atoms with van der Waals surface area (Å²) in [5.74, 6) is -1.20. The molecule has 6 nitrogen and oxygen atoms in total. The maximum Gasteiger partial charge on any atom is 0.387 e. The van der Waals surface area contributed by atoms with E-state index in [4.69, 9.17) is 0 Å². The van der Waals surface area contributed by atoms with Crippen LogP contribution in [0.15, 0.2) is 16.6 Å². The van der Waals surface area contributed by atoms with E-state index >= 15 is 0 Å². The first-order valence-electron chi connectivity index (χ1n) is 4.83. The normalized spacial score (nSPS) is 10.4. The molecule has 0 heterocycles. The molecular weight excluding hydrogens is 332 g/mol. The first-order chi connectivity index (χ1) is 8.85. The van der Waals surface area contributed by atoms with Gasteiger partial charge in [-0.1, -0.05) is 0 Å². The molecule has 0 aliphatic rings. The van der Waals surface area contributed by atoms with Gasteiger partial charge in [0.05, 0.1) is 22.9 Å². The zero-order chi connectivity index (χ0) is 14.6. The molecule has 1 rings (SSSR count). The molecule has 19 heavy (non-hydrogen) atoms. The zero-order valence-electron chi connectivity index (χ0n) is 9.56. The lowest BCUT2D eigenvalue weighted by molar-refractivity contribution is -0.386. The molecule has 0 aromatic heterocycles. The summed E-state index contributed by atoms with van der Waals surface area (Å²) in [4.78, 5) is 21.0. The van der Waals surface area contributed by atoms with Crippen molar-refractivity contribution >= 4 is 27.6 Å². The molecule has 0 N–H and O–H groups in total. The predicted molar refractivity (Wildman–Crippen MR) is 63.1 cm³/mol. The first-order valence-corrected chi connectivity index (χ1v) is 5.63. The predicted octanol–water partition coefficient (Wildman–Crippen LogP) is 2.67. The number of nitrogens with zero attached hydrogens (tertiary/aromatic N) is 1. The number of rotatable bonds is 5. The lowest BCUT2D eigenvalue weighted by Gasteiger charge is -2.09. The van der Waals surface area contributed by atoms with Gasteiger partial charge in [0.2, 0.25) is 5.75 Å². The standard InChI is InChI=1S/C10H8BrF2NO5/c1-18-8(15)4-5-2-6(11)9(19-10(12)13)7(3-5)14(16)17/h2-3,10H,4H2,1H3. The second-order valence-electron chi connectivity index (χ2n) is 3.31. The largest absolute Gasteiger partial charge is 0.469 e. The fourth-order valence-corrected chi connectivity index (χ4v) is 1.91. The van der Waals surface area contributed by atoms with Gasteiger partial charge in [0.15, 0.2) is 0 Å². The number of halogens is 3. The van der Waals surface area contributed by atoms with Gasteiger partial charge in [0.25, 0.3) is 0 Å². The number of esters is 1. The number of benzene rings is 1. The average molecular weight is 340 g/mol. The molecule has 0 atom stereocenters. The molecule has 0 fully saturated rings. The summed E-state index contributed by atoms with van der Waals surface area (Å²) in [5.41, 5.74) is -0.416. The third kappa shape index (κ3) is 4.12. The van der Waals surface area contributed by atoms with Crippen LogP contribution in [0.4, 0.5) is 14.5 Å². The lowest BCUT2D eigenvalue weighted by atomic mass is 10.1. The fraction of sp³-hybridized carbons (Fsp3) is 0.300. The summed E-state index contributed by atoms with van der Waals surface area (Å²) in [7, 11) is 1.17. The van der Waals surface area contributed by atoms with Crippen LogP contribution < -0.4 is 4.74 Å². The molecule has 0 aliphatic heterocycles. The minimum absolute atomic E-state index is 0.0408. The number of ether oxygens (including phenoxy) is 2. The number of hydrogen-bond donors (Lipinski definition) is 0. The third-order valence-corrected chi connectivity index (χ3v) is 2.65. The Bertz CT molecular complexity index is 509. The Morgan fingerprint density at radius 3 is 2.63 bits per heavy atom. The van der Waals surface area contributed by atoms with Gasteiger partial charge in [-0.25, -0.2) is 0 Å². The van der Waals surface area contributed by atoms with E-state index in [0.717, 1.165) is 6.07 Å². The highest BCUT2D eigenvalue weighted by Crippen LogP contribution is 2.37. The number of nitro benzene ring substituents is 1. The third-order valence-electron chi connectivity index (χ3n) is 2.06. The molecule has 0 amide bonds. The van der Waals surface area contributed by atoms with Crippen molar-refractivity contribution in [2.24, 2.45) is 0 Å². The van der Waals surface area contributed by atoms with E-state index in [9.17, 15) is 23.7 Å². The maximum atomic E-state index is 12.2. The molecule has 0 saturated heterocycles. The van der Waals surface area contributed by atoms with E-state index < -0.39 is 28.9 Å². The van der Waals surface area contributed by atoms with Gasteiger partial charge < -0.3 is 9.47 Å². The Morgan fingerprint density at radius 2 is 2.16 bits per heavy atom. The SMILES string of the molecule is COC(=O)Cc1cc(Br)c(OC(F)F)c([N+](=O)[O-])c1. The Balaban J connectivity index is 3.21. The summed E-state index contributed by atoms with van der Waals surface area (Å²) >= 11 is 2.89. The van der Waals surface area contributed by atoms with Crippen molar-refractivity contribution in [1.29, 1.82) is 0 Å². The van der Waals surface area contributed by atoms with E-state index in [2.05, 4.69) is 25.4 Å². The Hall–Kier alpha value is -1.77. The second kappa shape index (κ2) is 6.41. The van der Waals surface area contributed by atoms with Gasteiger partial charge in [0.1, 0.15) is 0 Å². The van der Waals surface area contributed by atoms with Gasteiger partial charge in [-0.3, -0.25) is 14.9 Å². The van der Waals surface area contributed by atoms with Crippen molar-refractivity contribution in [3.05, 3.63) is 32.3 Å². The molecular formula is C10H8BrF2NO5. The van der Waals surface area contributed by atoms with Crippen molar-refractivity contribution in [2.75, 3.05) is 7.11 Å². The minimum atomic E-state index is -3.19. The molecule has 0 unspecified atom stereocenters. The smallest absolute Gasteiger partial charge is 0.387 e. The molecule has 0 aliphatic carbocycles. The van der Waals surface area contributed by atoms with Crippen LogP contribution >= 0.6 is 15.9 Å². The van der Waals surface area contributed by atoms with Gasteiger partial charge >= 0.3 is 18.3 Å². The van der Waals surface area contributed by atoms with Gasteiger partial charge in [-0.15, -0.1) is 0 Å². The monoisotopic (exact) mass is 339 g/mol. The van der Waals surface area contributed by atoms with Crippen LogP contribution in [0.2, 0.25) is 0 Å². The Morgan fingerprint density at radius 1 is 1.53 bits per heavy atom. The number of methoxy groups -OCH3 is 1. The van der Waals surface area contributed by atoms with Gasteiger partial charge in [-0.05, 0) is 27.6 Å². The van der Waals surface area contributed by atoms with Crippen molar-refractivity contribution in [3.63, 3.8) is 0 Å². The van der Waals surface area contributed by atoms with Crippen LogP contribution in [-0.4, -0.2) is 24.6 Å². The average Bonchev–Trinajstić information content (AvgIpc) is 2.31. The van der Waals surface area contributed by atoms with Crippen LogP contribution in [-0.2, 0) is 16.0 Å². The Kier molecular flexibility index (Phi) is 5.16. The first kappa shape index (κ1) is 15.3. The molecule has 1 aromatic rings. The molecule has 0 saturated carbocycles. The topological polar surface area (TPSA) is 78.7 Å². The van der Waals surface area contributed by atoms with Gasteiger partial charge in [-0.2, -0.15) is 8.78 Å². The highest BCUT2D eigenvalue weighted by molar-refractivity contribution is 9.10. The van der Waals surface area contributed by atoms with E-state index in [1.54, 1.807) is 0 Å². The minimum Gasteiger partial charge on any atom is -0.469 e. The number of hydrogen-bond acceptors (Lipinski definition) is 5. The Labute approximate surface area is 114 Å². The highest BCUT2D eigenvalue weighted by atomic mass is 79.9. The molecule has 0 spiro atoms. The summed E-state index contributed by atoms with van der Waals surface area (Å²) in [5, 5.41) is 10.8. The molecule has 0 bridgehead atoms. The van der Waals surface area contributed by atoms with E-state index in [-0.39, 0.29) is 16.5 Å². The number of nitro groups is 1. The van der Waals surface area contributed by atoms with Gasteiger partial charge in [0, 0.05) is 6.07 Å². The van der Waals surface area contributed by atoms with Crippen LogP contribution in [0, 0.1) is 10.1 Å². The summed E-state index contributed by atoms with van der Waals surface area (Å²) in [6.07, 6.45) is -0.217. The van der Waals surface area contributed by atoms with E-state index in [1.807, 2.05) is 0 Å². The summed E-state index contributed by atoms with van der Waals surface area (Å²) < 4.78 is 32.8. The summed E-state index contributed by atoms with van der Waals surface area (Å²) in [6.45, 7) is -3.19. The van der Waals surface area contributed by atoms with E-state index in [1.165, 1.54) is 13.2 Å². The highest BCUT2D eigenvalue weighted by Gasteiger charge is 2.23.